The number of ether oxygens (including phenoxy) is 1. The Labute approximate surface area is 183 Å². The normalized spacial score (nSPS) is 35.2. The van der Waals surface area contributed by atoms with Crippen LogP contribution in [-0.2, 0) is 19.7 Å². The van der Waals surface area contributed by atoms with E-state index in [0.717, 1.165) is 58.0 Å². The third-order valence-electron chi connectivity index (χ3n) is 8.41. The molecule has 1 N–H and O–H groups in total. The van der Waals surface area contributed by atoms with Gasteiger partial charge in [-0.25, -0.2) is 4.39 Å². The van der Waals surface area contributed by atoms with Crippen LogP contribution in [0.2, 0.25) is 0 Å². The zero-order valence-corrected chi connectivity index (χ0v) is 18.4. The highest BCUT2D eigenvalue weighted by molar-refractivity contribution is 5.79. The highest BCUT2D eigenvalue weighted by atomic mass is 19.1. The van der Waals surface area contributed by atoms with Crippen molar-refractivity contribution in [1.29, 1.82) is 0 Å². The number of rotatable bonds is 5. The van der Waals surface area contributed by atoms with E-state index in [-0.39, 0.29) is 34.6 Å². The van der Waals surface area contributed by atoms with Crippen LogP contribution in [0.1, 0.15) is 56.9 Å². The van der Waals surface area contributed by atoms with Crippen LogP contribution < -0.4 is 5.32 Å². The van der Waals surface area contributed by atoms with Gasteiger partial charge < -0.3 is 10.1 Å². The Morgan fingerprint density at radius 3 is 2.35 bits per heavy atom. The molecular weight excluding hydrogens is 395 g/mol. The monoisotopic (exact) mass is 428 g/mol. The van der Waals surface area contributed by atoms with E-state index >= 15 is 0 Å². The van der Waals surface area contributed by atoms with Gasteiger partial charge >= 0.3 is 5.97 Å². The molecule has 6 rings (SSSR count). The average molecular weight is 429 g/mol. The average Bonchev–Trinajstić information content (AvgIpc) is 2.72. The van der Waals surface area contributed by atoms with Gasteiger partial charge in [-0.3, -0.25) is 14.5 Å². The number of carbonyl (C=O) groups excluding carboxylic acids is 2. The maximum atomic E-state index is 13.5. The third kappa shape index (κ3) is 3.99. The second-order valence-corrected chi connectivity index (χ2v) is 10.7. The zero-order valence-electron chi connectivity index (χ0n) is 18.4. The summed E-state index contributed by atoms with van der Waals surface area (Å²) in [7, 11) is 1.44. The number of nitrogens with zero attached hydrogens (tertiary/aromatic N) is 1. The van der Waals surface area contributed by atoms with Crippen LogP contribution in [0, 0.1) is 23.6 Å². The molecule has 5 aliphatic rings. The van der Waals surface area contributed by atoms with E-state index in [0.29, 0.717) is 18.4 Å². The van der Waals surface area contributed by atoms with E-state index in [1.54, 1.807) is 12.1 Å². The molecule has 0 aromatic heterocycles. The number of amides is 1. The second-order valence-electron chi connectivity index (χ2n) is 10.7. The van der Waals surface area contributed by atoms with Crippen molar-refractivity contribution in [3.8, 4) is 0 Å². The van der Waals surface area contributed by atoms with E-state index in [1.165, 1.54) is 19.1 Å². The third-order valence-corrected chi connectivity index (χ3v) is 8.41. The lowest BCUT2D eigenvalue weighted by Crippen LogP contribution is -2.65. The van der Waals surface area contributed by atoms with Crippen LogP contribution in [0.3, 0.4) is 0 Å². The first-order valence-electron chi connectivity index (χ1n) is 11.8. The molecule has 168 valence electrons. The standard InChI is InChI=1S/C25H33FN2O3/c1-31-23(30)19-6-8-28(9-7-19)15-22(29)27-25-13-17-10-18(14-25)12-24(11-17,16-25)20-2-4-21(26)5-3-20/h2-5,17-19H,6-16H2,1H3,(H,27,29)/t17-,18+,24-,25-. The summed E-state index contributed by atoms with van der Waals surface area (Å²) < 4.78 is 18.4. The molecule has 1 aromatic carbocycles. The van der Waals surface area contributed by atoms with Gasteiger partial charge in [0.05, 0.1) is 19.6 Å². The summed E-state index contributed by atoms with van der Waals surface area (Å²) in [5.74, 6) is 1.02. The first-order valence-corrected chi connectivity index (χ1v) is 11.8. The van der Waals surface area contributed by atoms with E-state index in [1.807, 2.05) is 12.1 Å². The Kier molecular flexibility index (Phi) is 5.32. The molecule has 4 bridgehead atoms. The molecule has 0 unspecified atom stereocenters. The van der Waals surface area contributed by atoms with Crippen molar-refractivity contribution in [2.75, 3.05) is 26.7 Å². The lowest BCUT2D eigenvalue weighted by molar-refractivity contribution is -0.147. The predicted octanol–water partition coefficient (Wildman–Crippen LogP) is 3.42. The Morgan fingerprint density at radius 1 is 1.10 bits per heavy atom. The largest absolute Gasteiger partial charge is 0.469 e. The lowest BCUT2D eigenvalue weighted by Gasteiger charge is -2.62. The van der Waals surface area contributed by atoms with Crippen molar-refractivity contribution in [2.24, 2.45) is 17.8 Å². The second kappa shape index (κ2) is 7.88. The lowest BCUT2D eigenvalue weighted by atomic mass is 9.45. The number of halogens is 1. The van der Waals surface area contributed by atoms with Crippen molar-refractivity contribution in [3.05, 3.63) is 35.6 Å². The molecular formula is C25H33FN2O3. The summed E-state index contributed by atoms with van der Waals surface area (Å²) in [5, 5.41) is 3.48. The van der Waals surface area contributed by atoms with Gasteiger partial charge in [0, 0.05) is 5.54 Å². The molecule has 4 saturated carbocycles. The predicted molar refractivity (Wildman–Crippen MR) is 115 cm³/mol. The molecule has 5 nitrogen and oxygen atoms in total. The highest BCUT2D eigenvalue weighted by Gasteiger charge is 2.58. The zero-order chi connectivity index (χ0) is 21.6. The Balaban J connectivity index is 1.25. The maximum Gasteiger partial charge on any atom is 0.308 e. The molecule has 4 atom stereocenters. The van der Waals surface area contributed by atoms with Crippen LogP contribution >= 0.6 is 0 Å². The number of carbonyl (C=O) groups is 2. The molecule has 1 aliphatic heterocycles. The molecule has 1 aromatic rings. The molecule has 1 saturated heterocycles. The van der Waals surface area contributed by atoms with Gasteiger partial charge in [0.1, 0.15) is 5.82 Å². The van der Waals surface area contributed by atoms with Crippen LogP contribution in [0.4, 0.5) is 4.39 Å². The maximum absolute atomic E-state index is 13.5. The van der Waals surface area contributed by atoms with Gasteiger partial charge in [-0.05, 0) is 99.4 Å². The van der Waals surface area contributed by atoms with Crippen molar-refractivity contribution < 1.29 is 18.7 Å². The number of likely N-dealkylation sites (tertiary alicyclic amines) is 1. The quantitative estimate of drug-likeness (QED) is 0.730. The van der Waals surface area contributed by atoms with Gasteiger partial charge in [-0.2, -0.15) is 0 Å². The molecule has 5 fully saturated rings. The molecule has 1 heterocycles. The Bertz CT molecular complexity index is 833. The first kappa shape index (κ1) is 20.9. The molecule has 0 radical (unpaired) electrons. The van der Waals surface area contributed by atoms with Gasteiger partial charge in [0.2, 0.25) is 5.91 Å². The number of methoxy groups -OCH3 is 1. The number of piperidine rings is 1. The molecule has 6 heteroatoms. The number of benzene rings is 1. The summed E-state index contributed by atoms with van der Waals surface area (Å²) in [6.07, 6.45) is 8.20. The summed E-state index contributed by atoms with van der Waals surface area (Å²) in [6.45, 7) is 1.91. The number of esters is 1. The van der Waals surface area contributed by atoms with E-state index in [4.69, 9.17) is 4.74 Å². The summed E-state index contributed by atoms with van der Waals surface area (Å²) in [6, 6.07) is 7.08. The number of hydrogen-bond donors (Lipinski definition) is 1. The minimum absolute atomic E-state index is 0.0389. The van der Waals surface area contributed by atoms with Crippen molar-refractivity contribution >= 4 is 11.9 Å². The topological polar surface area (TPSA) is 58.6 Å². The molecule has 31 heavy (non-hydrogen) atoms. The van der Waals surface area contributed by atoms with Crippen molar-refractivity contribution in [1.82, 2.24) is 10.2 Å². The molecule has 0 spiro atoms. The summed E-state index contributed by atoms with van der Waals surface area (Å²) in [4.78, 5) is 27.0. The fourth-order valence-electron chi connectivity index (χ4n) is 7.58. The first-order chi connectivity index (χ1) is 14.9. The summed E-state index contributed by atoms with van der Waals surface area (Å²) in [5.41, 5.74) is 1.19. The van der Waals surface area contributed by atoms with Crippen molar-refractivity contribution in [3.63, 3.8) is 0 Å². The number of hydrogen-bond acceptors (Lipinski definition) is 4. The van der Waals surface area contributed by atoms with E-state index < -0.39 is 0 Å². The minimum Gasteiger partial charge on any atom is -0.469 e. The van der Waals surface area contributed by atoms with E-state index in [2.05, 4.69) is 10.2 Å². The van der Waals surface area contributed by atoms with Crippen LogP contribution in [0.5, 0.6) is 0 Å². The molecule has 1 amide bonds. The van der Waals surface area contributed by atoms with Gasteiger partial charge in [-0.15, -0.1) is 0 Å². The van der Waals surface area contributed by atoms with Crippen LogP contribution in [-0.4, -0.2) is 49.1 Å². The smallest absolute Gasteiger partial charge is 0.308 e. The van der Waals surface area contributed by atoms with Crippen LogP contribution in [0.15, 0.2) is 24.3 Å². The fraction of sp³-hybridized carbons (Fsp3) is 0.680. The summed E-state index contributed by atoms with van der Waals surface area (Å²) >= 11 is 0. The fourth-order valence-corrected chi connectivity index (χ4v) is 7.58. The minimum atomic E-state index is -0.188. The highest BCUT2D eigenvalue weighted by Crippen LogP contribution is 2.62. The van der Waals surface area contributed by atoms with Crippen LogP contribution in [0.25, 0.3) is 0 Å². The van der Waals surface area contributed by atoms with E-state index in [9.17, 15) is 14.0 Å². The Morgan fingerprint density at radius 2 is 1.74 bits per heavy atom. The van der Waals surface area contributed by atoms with Gasteiger partial charge in [0.15, 0.2) is 0 Å². The van der Waals surface area contributed by atoms with Gasteiger partial charge in [0.25, 0.3) is 0 Å². The van der Waals surface area contributed by atoms with Crippen molar-refractivity contribution in [2.45, 2.75) is 62.3 Å². The number of nitrogens with one attached hydrogen (secondary N) is 1. The molecule has 4 aliphatic carbocycles. The van der Waals surface area contributed by atoms with Gasteiger partial charge in [-0.1, -0.05) is 12.1 Å². The Hall–Kier alpha value is -1.95. The SMILES string of the molecule is COC(=O)C1CCN(CC(=O)N[C@@]23C[C@H]4C[C@@H](C2)C[C@@](c2ccc(F)cc2)(C4)C3)CC1.